The topological polar surface area (TPSA) is 108 Å². The monoisotopic (exact) mass is 591 g/mol. The Morgan fingerprint density at radius 3 is 2.58 bits per heavy atom. The maximum absolute atomic E-state index is 14.4. The van der Waals surface area contributed by atoms with Crippen molar-refractivity contribution in [2.24, 2.45) is 23.2 Å². The number of nitrogens with zero attached hydrogens (tertiary/aromatic N) is 3. The zero-order chi connectivity index (χ0) is 30.4. The van der Waals surface area contributed by atoms with Crippen molar-refractivity contribution >= 4 is 29.2 Å². The zero-order valence-electron chi connectivity index (χ0n) is 26.0. The molecule has 2 aliphatic carbocycles. The summed E-state index contributed by atoms with van der Waals surface area (Å²) in [4.78, 5) is 51.7. The Labute approximate surface area is 254 Å². The number of hydrogen-bond acceptors (Lipinski definition) is 8. The summed E-state index contributed by atoms with van der Waals surface area (Å²) in [6, 6.07) is 4.99. The molecule has 2 bridgehead atoms. The average molecular weight is 592 g/mol. The Kier molecular flexibility index (Phi) is 8.11. The Bertz CT molecular complexity index is 1390. The smallest absolute Gasteiger partial charge is 0.307 e. The number of carbonyl (C=O) groups is 3. The van der Waals surface area contributed by atoms with Gasteiger partial charge in [0.05, 0.1) is 43.1 Å². The van der Waals surface area contributed by atoms with Crippen LogP contribution in [0.25, 0.3) is 11.0 Å². The van der Waals surface area contributed by atoms with Gasteiger partial charge in [0, 0.05) is 17.9 Å². The van der Waals surface area contributed by atoms with E-state index in [-0.39, 0.29) is 36.2 Å². The highest BCUT2D eigenvalue weighted by Crippen LogP contribution is 2.51. The van der Waals surface area contributed by atoms with Crippen LogP contribution in [0.4, 0.5) is 0 Å². The molecule has 3 heterocycles. The fourth-order valence-electron chi connectivity index (χ4n) is 7.80. The van der Waals surface area contributed by atoms with Gasteiger partial charge in [0.1, 0.15) is 29.4 Å². The highest BCUT2D eigenvalue weighted by molar-refractivity contribution is 5.87. The Morgan fingerprint density at radius 2 is 1.84 bits per heavy atom. The number of benzene rings is 1. The lowest BCUT2D eigenvalue weighted by Crippen LogP contribution is -2.47. The van der Waals surface area contributed by atoms with Crippen molar-refractivity contribution in [2.45, 2.75) is 109 Å². The van der Waals surface area contributed by atoms with Gasteiger partial charge >= 0.3 is 5.97 Å². The predicted molar refractivity (Wildman–Crippen MR) is 161 cm³/mol. The van der Waals surface area contributed by atoms with E-state index in [0.29, 0.717) is 29.5 Å². The van der Waals surface area contributed by atoms with Crippen molar-refractivity contribution < 1.29 is 28.6 Å². The molecule has 9 heteroatoms. The summed E-state index contributed by atoms with van der Waals surface area (Å²) in [6.07, 6.45) is 9.86. The first-order valence-electron chi connectivity index (χ1n) is 16.1. The Balaban J connectivity index is 1.35. The van der Waals surface area contributed by atoms with Crippen LogP contribution in [0.1, 0.15) is 90.7 Å². The summed E-state index contributed by atoms with van der Waals surface area (Å²) in [5.74, 6) is 0.242. The third-order valence-corrected chi connectivity index (χ3v) is 10.9. The number of ether oxygens (including phenoxy) is 3. The quantitative estimate of drug-likeness (QED) is 0.342. The van der Waals surface area contributed by atoms with Crippen LogP contribution in [0, 0.1) is 23.2 Å². The van der Waals surface area contributed by atoms with Gasteiger partial charge < -0.3 is 23.9 Å². The molecule has 0 N–H and O–H groups in total. The highest BCUT2D eigenvalue weighted by atomic mass is 16.6. The molecule has 4 aliphatic rings. The van der Waals surface area contributed by atoms with Crippen molar-refractivity contribution in [1.82, 2.24) is 14.9 Å². The van der Waals surface area contributed by atoms with Crippen LogP contribution in [0.3, 0.4) is 0 Å². The number of aromatic nitrogens is 2. The molecule has 1 saturated heterocycles. The third kappa shape index (κ3) is 5.84. The second kappa shape index (κ2) is 11.7. The molecule has 43 heavy (non-hydrogen) atoms. The van der Waals surface area contributed by atoms with Crippen molar-refractivity contribution in [3.8, 4) is 11.6 Å². The number of carbonyl (C=O) groups excluding carboxylic acids is 3. The van der Waals surface area contributed by atoms with Crippen LogP contribution >= 0.6 is 0 Å². The molecular weight excluding hydrogens is 546 g/mol. The minimum atomic E-state index is -0.648. The van der Waals surface area contributed by atoms with Crippen LogP contribution in [-0.2, 0) is 25.5 Å². The first kappa shape index (κ1) is 29.8. The van der Waals surface area contributed by atoms with Crippen LogP contribution < -0.4 is 9.47 Å². The standard InChI is InChI=1S/C34H45N3O6/c1-21-28(20-38)37-19-29(21)42-31-26(35-25-13-12-23(41-4)16-27(25)36-31)11-7-5-6-10-22-18-34(22,3)43-30(39)17-24(32(37)40)33(2)14-8-9-15-33/h12-13,16,20-22,24,28-29H,5-11,14-15,17-19H2,1-4H3/t21-,22+,24+,28+,29-,34+/m0/s1. The molecule has 0 radical (unpaired) electrons. The van der Waals surface area contributed by atoms with Gasteiger partial charge in [-0.15, -0.1) is 0 Å². The average Bonchev–Trinajstić information content (AvgIpc) is 3.26. The second-order valence-corrected chi connectivity index (χ2v) is 13.9. The molecule has 0 spiro atoms. The van der Waals surface area contributed by atoms with E-state index >= 15 is 0 Å². The molecule has 9 nitrogen and oxygen atoms in total. The van der Waals surface area contributed by atoms with E-state index in [1.807, 2.05) is 32.0 Å². The van der Waals surface area contributed by atoms with Crippen LogP contribution in [0.5, 0.6) is 11.6 Å². The molecule has 2 aliphatic heterocycles. The fourth-order valence-corrected chi connectivity index (χ4v) is 7.80. The fraction of sp³-hybridized carbons (Fsp3) is 0.676. The number of aryl methyl sites for hydroxylation is 1. The molecular formula is C34H45N3O6. The van der Waals surface area contributed by atoms with Gasteiger partial charge in [0.15, 0.2) is 0 Å². The van der Waals surface area contributed by atoms with Gasteiger partial charge in [-0.05, 0) is 63.0 Å². The Hall–Kier alpha value is -3.23. The van der Waals surface area contributed by atoms with Crippen LogP contribution in [0.2, 0.25) is 0 Å². The number of rotatable bonds is 3. The van der Waals surface area contributed by atoms with E-state index in [2.05, 4.69) is 6.92 Å². The minimum Gasteiger partial charge on any atom is -0.497 e. The SMILES string of the molecule is COc1ccc2nc3c(nc2c1)O[C@H]1CN(C(=O)[C@H](C2(C)CCCC2)CC(=O)O[C@]2(C)C[C@H]2CCCCC3)[C@H](C=O)[C@@H]1C. The lowest BCUT2D eigenvalue weighted by atomic mass is 9.73. The first-order valence-corrected chi connectivity index (χ1v) is 16.1. The zero-order valence-corrected chi connectivity index (χ0v) is 26.0. The second-order valence-electron chi connectivity index (χ2n) is 13.9. The number of amides is 1. The largest absolute Gasteiger partial charge is 0.497 e. The number of hydrogen-bond donors (Lipinski definition) is 0. The molecule has 2 aromatic rings. The van der Waals surface area contributed by atoms with Crippen molar-refractivity contribution in [3.05, 3.63) is 23.9 Å². The van der Waals surface area contributed by atoms with E-state index < -0.39 is 23.7 Å². The number of aldehydes is 1. The molecule has 1 aromatic carbocycles. The van der Waals surface area contributed by atoms with Crippen molar-refractivity contribution in [3.63, 3.8) is 0 Å². The summed E-state index contributed by atoms with van der Waals surface area (Å²) in [5, 5.41) is 0. The molecule has 0 unspecified atom stereocenters. The van der Waals surface area contributed by atoms with Gasteiger partial charge in [-0.3, -0.25) is 9.59 Å². The van der Waals surface area contributed by atoms with Gasteiger partial charge in [-0.25, -0.2) is 9.97 Å². The normalized spacial score (nSPS) is 33.0. The first-order chi connectivity index (χ1) is 20.6. The lowest BCUT2D eigenvalue weighted by molar-refractivity contribution is -0.158. The van der Waals surface area contributed by atoms with Crippen molar-refractivity contribution in [2.75, 3.05) is 13.7 Å². The van der Waals surface area contributed by atoms with E-state index in [4.69, 9.17) is 24.2 Å². The third-order valence-electron chi connectivity index (χ3n) is 10.9. The van der Waals surface area contributed by atoms with Gasteiger partial charge in [0.25, 0.3) is 0 Å². The molecule has 6 atom stereocenters. The molecule has 3 fully saturated rings. The van der Waals surface area contributed by atoms with Crippen LogP contribution in [-0.4, -0.2) is 64.4 Å². The lowest BCUT2D eigenvalue weighted by Gasteiger charge is -2.36. The van der Waals surface area contributed by atoms with Crippen molar-refractivity contribution in [1.29, 1.82) is 0 Å². The van der Waals surface area contributed by atoms with E-state index in [9.17, 15) is 14.4 Å². The van der Waals surface area contributed by atoms with E-state index in [1.165, 1.54) is 0 Å². The Morgan fingerprint density at radius 1 is 1.05 bits per heavy atom. The predicted octanol–water partition coefficient (Wildman–Crippen LogP) is 5.46. The van der Waals surface area contributed by atoms with Gasteiger partial charge in [0.2, 0.25) is 11.8 Å². The van der Waals surface area contributed by atoms with E-state index in [0.717, 1.165) is 75.3 Å². The number of fused-ring (bicyclic) bond motifs is 5. The summed E-state index contributed by atoms with van der Waals surface area (Å²) in [5.41, 5.74) is 1.48. The number of methoxy groups -OCH3 is 1. The maximum atomic E-state index is 14.4. The van der Waals surface area contributed by atoms with Gasteiger partial charge in [-0.1, -0.05) is 39.5 Å². The van der Waals surface area contributed by atoms with E-state index in [1.54, 1.807) is 12.0 Å². The summed E-state index contributed by atoms with van der Waals surface area (Å²) < 4.78 is 18.1. The van der Waals surface area contributed by atoms with Gasteiger partial charge in [-0.2, -0.15) is 0 Å². The summed E-state index contributed by atoms with van der Waals surface area (Å²) in [6.45, 7) is 6.35. The molecule has 232 valence electrons. The summed E-state index contributed by atoms with van der Waals surface area (Å²) in [7, 11) is 1.62. The molecule has 1 aromatic heterocycles. The van der Waals surface area contributed by atoms with Crippen LogP contribution in [0.15, 0.2) is 18.2 Å². The molecule has 2 saturated carbocycles. The minimum absolute atomic E-state index is 0.0434. The molecule has 6 rings (SSSR count). The highest BCUT2D eigenvalue weighted by Gasteiger charge is 2.54. The molecule has 1 amide bonds. The maximum Gasteiger partial charge on any atom is 0.307 e. The number of esters is 1. The summed E-state index contributed by atoms with van der Waals surface area (Å²) >= 11 is 0.